The van der Waals surface area contributed by atoms with Crippen molar-refractivity contribution >= 4 is 17.6 Å². The molecule has 1 saturated carbocycles. The molecule has 1 aliphatic carbocycles. The third-order valence-corrected chi connectivity index (χ3v) is 5.27. The van der Waals surface area contributed by atoms with Crippen molar-refractivity contribution in [2.75, 3.05) is 11.9 Å². The molecule has 3 N–H and O–H groups in total. The van der Waals surface area contributed by atoms with Gasteiger partial charge in [0.1, 0.15) is 5.82 Å². The highest BCUT2D eigenvalue weighted by molar-refractivity contribution is 5.96. The highest BCUT2D eigenvalue weighted by Gasteiger charge is 2.38. The molecule has 0 spiro atoms. The molecule has 0 radical (unpaired) electrons. The average molecular weight is 334 g/mol. The predicted molar refractivity (Wildman–Crippen MR) is 88.5 cm³/mol. The molecule has 2 atom stereocenters. The number of aromatic carboxylic acids is 1. The summed E-state index contributed by atoms with van der Waals surface area (Å²) in [6, 6.07) is 3.41. The van der Waals surface area contributed by atoms with Gasteiger partial charge in [-0.05, 0) is 43.0 Å². The lowest BCUT2D eigenvalue weighted by molar-refractivity contribution is -0.119. The first-order valence-electron chi connectivity index (χ1n) is 8.63. The van der Waals surface area contributed by atoms with Crippen LogP contribution in [0.15, 0.2) is 18.2 Å². The molecular weight excluding hydrogens is 311 g/mol. The molecule has 3 rings (SSSR count). The standard InChI is InChI=1S/C18H23FN2O3/c19-15-10-12(6-7-14(15)18(23)24)21-17(22)16-13(8-9-20-16)11-4-2-1-3-5-11/h6-7,10-11,13,16,20H,1-5,8-9H2,(H,21,22)(H,23,24)/t13-,16-/m0/s1. The molecule has 1 saturated heterocycles. The summed E-state index contributed by atoms with van der Waals surface area (Å²) in [4.78, 5) is 23.4. The van der Waals surface area contributed by atoms with Crippen molar-refractivity contribution in [3.05, 3.63) is 29.6 Å². The van der Waals surface area contributed by atoms with Gasteiger partial charge in [-0.3, -0.25) is 4.79 Å². The van der Waals surface area contributed by atoms with E-state index in [9.17, 15) is 14.0 Å². The van der Waals surface area contributed by atoms with Crippen LogP contribution in [0.3, 0.4) is 0 Å². The summed E-state index contributed by atoms with van der Waals surface area (Å²) in [5.74, 6) is -1.42. The zero-order valence-electron chi connectivity index (χ0n) is 13.6. The number of carbonyl (C=O) groups is 2. The lowest BCUT2D eigenvalue weighted by Crippen LogP contribution is -2.42. The molecular formula is C18H23FN2O3. The Hall–Kier alpha value is -1.95. The van der Waals surface area contributed by atoms with E-state index in [4.69, 9.17) is 5.11 Å². The molecule has 2 aliphatic rings. The number of carbonyl (C=O) groups excluding carboxylic acids is 1. The van der Waals surface area contributed by atoms with E-state index in [0.717, 1.165) is 19.0 Å². The largest absolute Gasteiger partial charge is 0.478 e. The van der Waals surface area contributed by atoms with Crippen molar-refractivity contribution < 1.29 is 19.1 Å². The van der Waals surface area contributed by atoms with Crippen LogP contribution in [0, 0.1) is 17.7 Å². The summed E-state index contributed by atoms with van der Waals surface area (Å²) in [6.07, 6.45) is 7.10. The Morgan fingerprint density at radius 3 is 2.58 bits per heavy atom. The highest BCUT2D eigenvalue weighted by atomic mass is 19.1. The fourth-order valence-corrected chi connectivity index (χ4v) is 4.07. The molecule has 0 unspecified atom stereocenters. The quantitative estimate of drug-likeness (QED) is 0.791. The topological polar surface area (TPSA) is 78.4 Å². The summed E-state index contributed by atoms with van der Waals surface area (Å²) in [5.41, 5.74) is -0.106. The molecule has 1 amide bonds. The summed E-state index contributed by atoms with van der Waals surface area (Å²) in [5, 5.41) is 14.8. The van der Waals surface area contributed by atoms with Crippen molar-refractivity contribution in [3.63, 3.8) is 0 Å². The first kappa shape index (κ1) is 16.9. The van der Waals surface area contributed by atoms with Crippen molar-refractivity contribution in [2.45, 2.75) is 44.6 Å². The summed E-state index contributed by atoms with van der Waals surface area (Å²) in [6.45, 7) is 0.825. The summed E-state index contributed by atoms with van der Waals surface area (Å²) in [7, 11) is 0. The van der Waals surface area contributed by atoms with Crippen molar-refractivity contribution in [1.29, 1.82) is 0 Å². The third kappa shape index (κ3) is 3.59. The summed E-state index contributed by atoms with van der Waals surface area (Å²) < 4.78 is 13.7. The molecule has 1 heterocycles. The van der Waals surface area contributed by atoms with Gasteiger partial charge < -0.3 is 15.7 Å². The molecule has 0 bridgehead atoms. The molecule has 5 nitrogen and oxygen atoms in total. The van der Waals surface area contributed by atoms with Crippen LogP contribution in [0.4, 0.5) is 10.1 Å². The first-order valence-corrected chi connectivity index (χ1v) is 8.63. The molecule has 0 aromatic heterocycles. The van der Waals surface area contributed by atoms with E-state index in [0.29, 0.717) is 17.5 Å². The predicted octanol–water partition coefficient (Wildman–Crippen LogP) is 3.02. The fourth-order valence-electron chi connectivity index (χ4n) is 4.07. The van der Waals surface area contributed by atoms with Gasteiger partial charge in [0, 0.05) is 5.69 Å². The van der Waals surface area contributed by atoms with Gasteiger partial charge in [0.05, 0.1) is 11.6 Å². The first-order chi connectivity index (χ1) is 11.6. The van der Waals surface area contributed by atoms with E-state index < -0.39 is 17.3 Å². The Kier molecular flexibility index (Phi) is 5.14. The highest BCUT2D eigenvalue weighted by Crippen LogP contribution is 2.36. The SMILES string of the molecule is O=C(O)c1ccc(NC(=O)[C@H]2NCC[C@H]2C2CCCCC2)cc1F. The van der Waals surface area contributed by atoms with Crippen LogP contribution in [0.25, 0.3) is 0 Å². The molecule has 1 aromatic carbocycles. The Morgan fingerprint density at radius 1 is 1.17 bits per heavy atom. The van der Waals surface area contributed by atoms with Gasteiger partial charge in [-0.25, -0.2) is 9.18 Å². The van der Waals surface area contributed by atoms with Gasteiger partial charge in [0.15, 0.2) is 0 Å². The maximum absolute atomic E-state index is 13.7. The maximum Gasteiger partial charge on any atom is 0.338 e. The summed E-state index contributed by atoms with van der Waals surface area (Å²) >= 11 is 0. The van der Waals surface area contributed by atoms with E-state index in [1.54, 1.807) is 0 Å². The van der Waals surface area contributed by atoms with E-state index in [1.165, 1.54) is 44.2 Å². The number of anilines is 1. The number of hydrogen-bond donors (Lipinski definition) is 3. The molecule has 130 valence electrons. The lowest BCUT2D eigenvalue weighted by atomic mass is 9.76. The molecule has 24 heavy (non-hydrogen) atoms. The second kappa shape index (κ2) is 7.30. The van der Waals surface area contributed by atoms with Crippen LogP contribution >= 0.6 is 0 Å². The zero-order chi connectivity index (χ0) is 17.1. The normalized spacial score (nSPS) is 24.7. The van der Waals surface area contributed by atoms with Gasteiger partial charge in [0.25, 0.3) is 0 Å². The van der Waals surface area contributed by atoms with Gasteiger partial charge in [-0.15, -0.1) is 0 Å². The number of halogens is 1. The average Bonchev–Trinajstić information content (AvgIpc) is 3.05. The Labute approximate surface area is 140 Å². The van der Waals surface area contributed by atoms with E-state index in [1.807, 2.05) is 0 Å². The van der Waals surface area contributed by atoms with Gasteiger partial charge >= 0.3 is 5.97 Å². The van der Waals surface area contributed by atoms with Crippen molar-refractivity contribution in [1.82, 2.24) is 5.32 Å². The number of carboxylic acids is 1. The second-order valence-corrected chi connectivity index (χ2v) is 6.77. The number of rotatable bonds is 4. The minimum atomic E-state index is -1.32. The molecule has 6 heteroatoms. The van der Waals surface area contributed by atoms with Crippen LogP contribution in [-0.2, 0) is 4.79 Å². The van der Waals surface area contributed by atoms with Gasteiger partial charge in [0.2, 0.25) is 5.91 Å². The lowest BCUT2D eigenvalue weighted by Gasteiger charge is -2.30. The van der Waals surface area contributed by atoms with Crippen LogP contribution in [0.1, 0.15) is 48.9 Å². The fraction of sp³-hybridized carbons (Fsp3) is 0.556. The second-order valence-electron chi connectivity index (χ2n) is 6.77. The maximum atomic E-state index is 13.7. The number of amides is 1. The van der Waals surface area contributed by atoms with Crippen LogP contribution in [-0.4, -0.2) is 29.6 Å². The van der Waals surface area contributed by atoms with Gasteiger partial charge in [-0.2, -0.15) is 0 Å². The molecule has 1 aromatic rings. The van der Waals surface area contributed by atoms with Crippen LogP contribution < -0.4 is 10.6 Å². The van der Waals surface area contributed by atoms with E-state index >= 15 is 0 Å². The number of carboxylic acid groups (broad SMARTS) is 1. The van der Waals surface area contributed by atoms with E-state index in [-0.39, 0.29) is 11.9 Å². The van der Waals surface area contributed by atoms with Crippen molar-refractivity contribution in [2.24, 2.45) is 11.8 Å². The smallest absolute Gasteiger partial charge is 0.338 e. The Morgan fingerprint density at radius 2 is 1.92 bits per heavy atom. The zero-order valence-corrected chi connectivity index (χ0v) is 13.6. The van der Waals surface area contributed by atoms with E-state index in [2.05, 4.69) is 10.6 Å². The third-order valence-electron chi connectivity index (χ3n) is 5.27. The molecule has 2 fully saturated rings. The Balaban J connectivity index is 1.67. The number of nitrogens with one attached hydrogen (secondary N) is 2. The Bertz CT molecular complexity index is 629. The van der Waals surface area contributed by atoms with Crippen LogP contribution in [0.2, 0.25) is 0 Å². The number of hydrogen-bond acceptors (Lipinski definition) is 3. The monoisotopic (exact) mass is 334 g/mol. The van der Waals surface area contributed by atoms with Crippen LogP contribution in [0.5, 0.6) is 0 Å². The van der Waals surface area contributed by atoms with Crippen molar-refractivity contribution in [3.8, 4) is 0 Å². The minimum absolute atomic E-state index is 0.162. The minimum Gasteiger partial charge on any atom is -0.478 e. The van der Waals surface area contributed by atoms with Gasteiger partial charge in [-0.1, -0.05) is 32.1 Å². The molecule has 1 aliphatic heterocycles. The number of benzene rings is 1.